The normalized spacial score (nSPS) is 23.1. The number of alkyl carbamates (subject to hydrolysis) is 1. The van der Waals surface area contributed by atoms with Crippen LogP contribution in [0.5, 0.6) is 0 Å². The molecule has 0 radical (unpaired) electrons. The summed E-state index contributed by atoms with van der Waals surface area (Å²) >= 11 is 0. The van der Waals surface area contributed by atoms with Crippen LogP contribution < -0.4 is 16.0 Å². The topological polar surface area (TPSA) is 169 Å². The lowest BCUT2D eigenvalue weighted by atomic mass is 9.75. The van der Waals surface area contributed by atoms with Crippen LogP contribution in [0.3, 0.4) is 0 Å². The summed E-state index contributed by atoms with van der Waals surface area (Å²) in [5.74, 6) is -4.35. The lowest BCUT2D eigenvalue weighted by Crippen LogP contribution is -2.74. The Kier molecular flexibility index (Phi) is 11.8. The number of β-lactam (4-membered cyclic amide) rings is 1. The molecule has 3 fully saturated rings. The molecule has 3 N–H and O–H groups in total. The number of benzene rings is 2. The Labute approximate surface area is 317 Å². The first-order valence-corrected chi connectivity index (χ1v) is 19.5. The minimum Gasteiger partial charge on any atom is -0.461 e. The van der Waals surface area contributed by atoms with Gasteiger partial charge in [0, 0.05) is 17.7 Å². The van der Waals surface area contributed by atoms with Crippen LogP contribution in [-0.2, 0) is 44.2 Å². The number of hydrogen-bond acceptors (Lipinski definition) is 10. The Bertz CT molecular complexity index is 1840. The van der Waals surface area contributed by atoms with E-state index in [0.717, 1.165) is 4.90 Å². The molecule has 0 bridgehead atoms. The molecule has 286 valence electrons. The number of carbonyl (C=O) groups is 5. The third-order valence-corrected chi connectivity index (χ3v) is 11.4. The second-order valence-corrected chi connectivity index (χ2v) is 16.1. The fourth-order valence-corrected chi connectivity index (χ4v) is 9.12. The predicted molar refractivity (Wildman–Crippen MR) is 200 cm³/mol. The molecule has 2 aromatic carbocycles. The van der Waals surface area contributed by atoms with Gasteiger partial charge in [-0.05, 0) is 75.7 Å². The maximum atomic E-state index is 14.9. The number of carbonyl (C=O) groups excluding carboxylic acids is 5. The van der Waals surface area contributed by atoms with Crippen molar-refractivity contribution < 1.29 is 42.4 Å². The van der Waals surface area contributed by atoms with E-state index in [0.29, 0.717) is 37.1 Å². The van der Waals surface area contributed by atoms with E-state index < -0.39 is 69.7 Å². The van der Waals surface area contributed by atoms with Gasteiger partial charge < -0.3 is 30.2 Å². The number of esters is 2. The molecule has 4 atom stereocenters. The number of nitrogens with zero attached hydrogens (tertiary/aromatic N) is 1. The number of hydrogen-bond donors (Lipinski definition) is 3. The summed E-state index contributed by atoms with van der Waals surface area (Å²) in [6.07, 6.45) is 0.971. The molecular weight excluding hydrogens is 713 g/mol. The van der Waals surface area contributed by atoms with Crippen molar-refractivity contribution in [3.05, 3.63) is 107 Å². The van der Waals surface area contributed by atoms with Crippen LogP contribution in [-0.4, -0.2) is 88.0 Å². The van der Waals surface area contributed by atoms with Gasteiger partial charge in [-0.15, -0.1) is 0 Å². The van der Waals surface area contributed by atoms with Crippen molar-refractivity contribution in [2.75, 3.05) is 32.0 Å². The first-order chi connectivity index (χ1) is 25.9. The molecule has 4 heterocycles. The number of nitrogens with one attached hydrogen (secondary N) is 3. The molecule has 3 amide bonds. The molecule has 13 nitrogen and oxygen atoms in total. The van der Waals surface area contributed by atoms with Crippen LogP contribution in [0.2, 0.25) is 0 Å². The molecule has 1 unspecified atom stereocenters. The third-order valence-electron chi connectivity index (χ3n) is 9.77. The first kappa shape index (κ1) is 38.6. The Morgan fingerprint density at radius 2 is 1.63 bits per heavy atom. The Morgan fingerprint density at radius 3 is 2.19 bits per heavy atom. The fraction of sp³-hybridized carbons (Fsp3) is 0.425. The van der Waals surface area contributed by atoms with E-state index in [4.69, 9.17) is 14.2 Å². The monoisotopic (exact) mass is 758 g/mol. The molecule has 0 aliphatic carbocycles. The second kappa shape index (κ2) is 16.5. The molecular formula is C40H46N4O9S. The number of amides is 3. The van der Waals surface area contributed by atoms with Gasteiger partial charge in [0.05, 0.1) is 22.5 Å². The molecule has 14 heteroatoms. The Hall–Kier alpha value is -5.08. The molecule has 0 aromatic heterocycles. The van der Waals surface area contributed by atoms with Crippen molar-refractivity contribution in [1.29, 1.82) is 0 Å². The molecule has 54 heavy (non-hydrogen) atoms. The standard InChI is InChI=1S/C40H46N4O9S/c1-5-22-51-37(47)29(24-16-19-41-20-17-24)30(27-18-21-42-34(27)45)28-23-54(50)36-31(43-39(49)53-40(2,3)4)35(46)44(36)32(28)38(48)52-33(25-12-8-6-9-13-25)26-14-10-7-11-15-26/h5-15,24,29,31,33,36,41H,1,16-23H2,2-4H3,(H,42,45)(H,43,49)/t29?,31-,36-,54+/m1/s1. The third kappa shape index (κ3) is 8.19. The van der Waals surface area contributed by atoms with Crippen LogP contribution in [0, 0.1) is 11.8 Å². The molecule has 0 saturated carbocycles. The predicted octanol–water partition coefficient (Wildman–Crippen LogP) is 3.56. The van der Waals surface area contributed by atoms with Crippen molar-refractivity contribution in [2.24, 2.45) is 11.8 Å². The summed E-state index contributed by atoms with van der Waals surface area (Å²) in [6, 6.07) is 16.9. The minimum absolute atomic E-state index is 0.0878. The minimum atomic E-state index is -1.92. The van der Waals surface area contributed by atoms with Crippen molar-refractivity contribution >= 4 is 40.6 Å². The zero-order valence-corrected chi connectivity index (χ0v) is 31.4. The molecule has 4 aliphatic heterocycles. The molecule has 4 aliphatic rings. The highest BCUT2D eigenvalue weighted by Gasteiger charge is 2.59. The van der Waals surface area contributed by atoms with Gasteiger partial charge in [-0.25, -0.2) is 9.59 Å². The second-order valence-electron chi connectivity index (χ2n) is 14.6. The van der Waals surface area contributed by atoms with Gasteiger partial charge in [-0.1, -0.05) is 73.3 Å². The highest BCUT2D eigenvalue weighted by Crippen LogP contribution is 2.45. The van der Waals surface area contributed by atoms with Gasteiger partial charge in [0.25, 0.3) is 5.91 Å². The maximum absolute atomic E-state index is 14.9. The Balaban J connectivity index is 1.53. The summed E-state index contributed by atoms with van der Waals surface area (Å²) in [5.41, 5.74) is 0.779. The maximum Gasteiger partial charge on any atom is 0.408 e. The summed E-state index contributed by atoms with van der Waals surface area (Å²) < 4.78 is 31.7. The summed E-state index contributed by atoms with van der Waals surface area (Å²) in [4.78, 5) is 70.8. The van der Waals surface area contributed by atoms with Crippen molar-refractivity contribution in [2.45, 2.75) is 63.2 Å². The number of piperidine rings is 1. The van der Waals surface area contributed by atoms with Crippen LogP contribution in [0.15, 0.2) is 95.7 Å². The van der Waals surface area contributed by atoms with E-state index in [1.54, 1.807) is 20.8 Å². The van der Waals surface area contributed by atoms with Gasteiger partial charge >= 0.3 is 18.0 Å². The summed E-state index contributed by atoms with van der Waals surface area (Å²) in [7, 11) is -1.92. The van der Waals surface area contributed by atoms with Crippen LogP contribution in [0.1, 0.15) is 57.3 Å². The lowest BCUT2D eigenvalue weighted by Gasteiger charge is -2.50. The zero-order valence-electron chi connectivity index (χ0n) is 30.6. The number of ether oxygens (including phenoxy) is 3. The SMILES string of the molecule is C=CCOC(=O)C(C(=C1CCNC1=O)C1=C(C(=O)OC(c2ccccc2)c2ccccc2)N2C(=O)[C@@H](NC(=O)OC(C)(C)C)[C@H]2[S@@](=O)C1)C1CCNCC1. The van der Waals surface area contributed by atoms with Crippen LogP contribution in [0.25, 0.3) is 0 Å². The van der Waals surface area contributed by atoms with E-state index in [1.165, 1.54) is 6.08 Å². The number of rotatable bonds is 11. The molecule has 0 spiro atoms. The van der Waals surface area contributed by atoms with E-state index in [-0.39, 0.29) is 53.7 Å². The number of fused-ring (bicyclic) bond motifs is 1. The molecule has 3 saturated heterocycles. The van der Waals surface area contributed by atoms with Gasteiger partial charge in [0.2, 0.25) is 5.91 Å². The van der Waals surface area contributed by atoms with Crippen LogP contribution in [0.4, 0.5) is 4.79 Å². The molecule has 2 aromatic rings. The van der Waals surface area contributed by atoms with Gasteiger partial charge in [-0.3, -0.25) is 23.5 Å². The average molecular weight is 759 g/mol. The van der Waals surface area contributed by atoms with E-state index in [9.17, 15) is 28.2 Å². The summed E-state index contributed by atoms with van der Waals surface area (Å²) in [6.45, 7) is 10.1. The fourth-order valence-electron chi connectivity index (χ4n) is 7.44. The lowest BCUT2D eigenvalue weighted by molar-refractivity contribution is -0.154. The highest BCUT2D eigenvalue weighted by atomic mass is 32.2. The molecule has 6 rings (SSSR count). The quantitative estimate of drug-likeness (QED) is 0.101. The van der Waals surface area contributed by atoms with Gasteiger partial charge in [0.1, 0.15) is 29.3 Å². The largest absolute Gasteiger partial charge is 0.461 e. The first-order valence-electron chi connectivity index (χ1n) is 18.1. The summed E-state index contributed by atoms with van der Waals surface area (Å²) in [5, 5.41) is 7.50. The average Bonchev–Trinajstić information content (AvgIpc) is 3.58. The van der Waals surface area contributed by atoms with Gasteiger partial charge in [-0.2, -0.15) is 0 Å². The van der Waals surface area contributed by atoms with Crippen LogP contribution >= 0.6 is 0 Å². The van der Waals surface area contributed by atoms with Crippen molar-refractivity contribution in [3.8, 4) is 0 Å². The van der Waals surface area contributed by atoms with Crippen molar-refractivity contribution in [1.82, 2.24) is 20.9 Å². The highest BCUT2D eigenvalue weighted by molar-refractivity contribution is 7.86. The van der Waals surface area contributed by atoms with Crippen molar-refractivity contribution in [3.63, 3.8) is 0 Å². The van der Waals surface area contributed by atoms with Gasteiger partial charge in [0.15, 0.2) is 6.10 Å². The van der Waals surface area contributed by atoms with E-state index in [1.807, 2.05) is 60.7 Å². The Morgan fingerprint density at radius 1 is 1.00 bits per heavy atom. The zero-order chi connectivity index (χ0) is 38.6. The smallest absolute Gasteiger partial charge is 0.408 e. The van der Waals surface area contributed by atoms with E-state index >= 15 is 0 Å². The van der Waals surface area contributed by atoms with E-state index in [2.05, 4.69) is 22.5 Å².